The number of amides is 3. The van der Waals surface area contributed by atoms with E-state index >= 15 is 0 Å². The van der Waals surface area contributed by atoms with Crippen molar-refractivity contribution >= 4 is 17.9 Å². The van der Waals surface area contributed by atoms with Crippen LogP contribution in [0.2, 0.25) is 0 Å². The van der Waals surface area contributed by atoms with Gasteiger partial charge in [-0.2, -0.15) is 0 Å². The van der Waals surface area contributed by atoms with Crippen LogP contribution < -0.4 is 4.90 Å². The third kappa shape index (κ3) is 2.60. The molecule has 2 aromatic heterocycles. The molecule has 1 fully saturated rings. The maximum absolute atomic E-state index is 12.1. The van der Waals surface area contributed by atoms with Gasteiger partial charge in [0.25, 0.3) is 0 Å². The predicted octanol–water partition coefficient (Wildman–Crippen LogP) is 1.84. The standard InChI is InChI=1S/C14H16N6O3/c1-9(2)20-8-15-17-12(20)10-4-3-5-11(16-10)18-6-7-19(13(18)21)14(22)23/h3-5,8-9H,6-7H2,1-2H3,(H,22,23). The van der Waals surface area contributed by atoms with Crippen molar-refractivity contribution in [2.24, 2.45) is 0 Å². The van der Waals surface area contributed by atoms with Crippen molar-refractivity contribution in [3.8, 4) is 11.5 Å². The number of hydrogen-bond donors (Lipinski definition) is 1. The smallest absolute Gasteiger partial charge is 0.415 e. The number of carbonyl (C=O) groups excluding carboxylic acids is 1. The number of nitrogens with zero attached hydrogens (tertiary/aromatic N) is 6. The number of pyridine rings is 1. The number of carbonyl (C=O) groups is 2. The molecule has 0 atom stereocenters. The Labute approximate surface area is 132 Å². The van der Waals surface area contributed by atoms with Crippen molar-refractivity contribution in [3.05, 3.63) is 24.5 Å². The summed E-state index contributed by atoms with van der Waals surface area (Å²) >= 11 is 0. The van der Waals surface area contributed by atoms with Gasteiger partial charge in [-0.1, -0.05) is 6.07 Å². The van der Waals surface area contributed by atoms with Gasteiger partial charge >= 0.3 is 12.1 Å². The van der Waals surface area contributed by atoms with Crippen LogP contribution in [0.1, 0.15) is 19.9 Å². The van der Waals surface area contributed by atoms with Crippen LogP contribution in [0.25, 0.3) is 11.5 Å². The van der Waals surface area contributed by atoms with E-state index in [1.54, 1.807) is 24.5 Å². The molecule has 3 rings (SSSR count). The van der Waals surface area contributed by atoms with Crippen LogP contribution in [0.5, 0.6) is 0 Å². The minimum absolute atomic E-state index is 0.127. The lowest BCUT2D eigenvalue weighted by Gasteiger charge is -2.16. The lowest BCUT2D eigenvalue weighted by Crippen LogP contribution is -2.35. The van der Waals surface area contributed by atoms with Crippen molar-refractivity contribution in [1.29, 1.82) is 0 Å². The van der Waals surface area contributed by atoms with Crippen LogP contribution in [0.3, 0.4) is 0 Å². The molecular weight excluding hydrogens is 300 g/mol. The number of anilines is 1. The van der Waals surface area contributed by atoms with Gasteiger partial charge in [0.05, 0.1) is 6.54 Å². The minimum Gasteiger partial charge on any atom is -0.465 e. The summed E-state index contributed by atoms with van der Waals surface area (Å²) in [5.74, 6) is 0.998. The topological polar surface area (TPSA) is 104 Å². The number of hydrogen-bond acceptors (Lipinski definition) is 5. The minimum atomic E-state index is -1.26. The third-order valence-electron chi connectivity index (χ3n) is 3.61. The highest BCUT2D eigenvalue weighted by Crippen LogP contribution is 2.23. The Bertz CT molecular complexity index is 756. The Balaban J connectivity index is 1.94. The van der Waals surface area contributed by atoms with Gasteiger partial charge in [-0.15, -0.1) is 10.2 Å². The Morgan fingerprint density at radius 1 is 1.30 bits per heavy atom. The zero-order valence-electron chi connectivity index (χ0n) is 12.7. The summed E-state index contributed by atoms with van der Waals surface area (Å²) in [7, 11) is 0. The van der Waals surface area contributed by atoms with E-state index in [1.807, 2.05) is 18.4 Å². The maximum Gasteiger partial charge on any atom is 0.415 e. The third-order valence-corrected chi connectivity index (χ3v) is 3.61. The fraction of sp³-hybridized carbons (Fsp3) is 0.357. The van der Waals surface area contributed by atoms with E-state index in [0.29, 0.717) is 17.3 Å². The van der Waals surface area contributed by atoms with Gasteiger partial charge in [0.15, 0.2) is 5.82 Å². The van der Waals surface area contributed by atoms with E-state index in [4.69, 9.17) is 5.11 Å². The molecule has 23 heavy (non-hydrogen) atoms. The molecule has 1 saturated heterocycles. The highest BCUT2D eigenvalue weighted by molar-refractivity contribution is 6.01. The quantitative estimate of drug-likeness (QED) is 0.926. The SMILES string of the molecule is CC(C)n1cnnc1-c1cccc(N2CCN(C(=O)O)C2=O)n1. The Kier molecular flexibility index (Phi) is 3.68. The summed E-state index contributed by atoms with van der Waals surface area (Å²) in [4.78, 5) is 29.7. The van der Waals surface area contributed by atoms with E-state index in [1.165, 1.54) is 4.90 Å². The maximum atomic E-state index is 12.1. The molecule has 9 nitrogen and oxygen atoms in total. The van der Waals surface area contributed by atoms with E-state index in [2.05, 4.69) is 15.2 Å². The molecule has 0 aromatic carbocycles. The molecule has 1 aliphatic rings. The first-order chi connectivity index (χ1) is 11.0. The van der Waals surface area contributed by atoms with Crippen molar-refractivity contribution in [3.63, 3.8) is 0 Å². The molecule has 3 amide bonds. The second kappa shape index (κ2) is 5.67. The molecule has 3 heterocycles. The first kappa shape index (κ1) is 14.9. The number of imide groups is 1. The summed E-state index contributed by atoms with van der Waals surface area (Å²) in [6.07, 6.45) is 0.370. The zero-order chi connectivity index (χ0) is 16.6. The van der Waals surface area contributed by atoms with Crippen LogP contribution in [0.15, 0.2) is 24.5 Å². The van der Waals surface area contributed by atoms with Gasteiger partial charge in [0.2, 0.25) is 0 Å². The summed E-state index contributed by atoms with van der Waals surface area (Å²) in [5, 5.41) is 17.0. The molecule has 0 radical (unpaired) electrons. The van der Waals surface area contributed by atoms with Crippen molar-refractivity contribution in [1.82, 2.24) is 24.6 Å². The van der Waals surface area contributed by atoms with E-state index in [-0.39, 0.29) is 19.1 Å². The number of urea groups is 1. The number of rotatable bonds is 3. The lowest BCUT2D eigenvalue weighted by atomic mass is 10.3. The first-order valence-electron chi connectivity index (χ1n) is 7.18. The highest BCUT2D eigenvalue weighted by Gasteiger charge is 2.34. The molecule has 120 valence electrons. The molecule has 0 bridgehead atoms. The molecular formula is C14H16N6O3. The van der Waals surface area contributed by atoms with Crippen molar-refractivity contribution in [2.45, 2.75) is 19.9 Å². The monoisotopic (exact) mass is 316 g/mol. The highest BCUT2D eigenvalue weighted by atomic mass is 16.4. The van der Waals surface area contributed by atoms with Crippen LogP contribution in [-0.4, -0.2) is 55.0 Å². The molecule has 1 N–H and O–H groups in total. The average molecular weight is 316 g/mol. The summed E-state index contributed by atoms with van der Waals surface area (Å²) < 4.78 is 1.88. The lowest BCUT2D eigenvalue weighted by molar-refractivity contribution is 0.158. The van der Waals surface area contributed by atoms with Crippen molar-refractivity contribution < 1.29 is 14.7 Å². The average Bonchev–Trinajstić information content (AvgIpc) is 3.13. The Morgan fingerprint density at radius 3 is 2.74 bits per heavy atom. The zero-order valence-corrected chi connectivity index (χ0v) is 12.7. The number of aromatic nitrogens is 4. The van der Waals surface area contributed by atoms with Gasteiger partial charge in [-0.05, 0) is 26.0 Å². The van der Waals surface area contributed by atoms with Crippen LogP contribution >= 0.6 is 0 Å². The summed E-state index contributed by atoms with van der Waals surface area (Å²) in [6, 6.07) is 4.78. The van der Waals surface area contributed by atoms with E-state index < -0.39 is 12.1 Å². The molecule has 0 unspecified atom stereocenters. The summed E-state index contributed by atoms with van der Waals surface area (Å²) in [6.45, 7) is 4.41. The van der Waals surface area contributed by atoms with Gasteiger partial charge in [-0.3, -0.25) is 4.90 Å². The molecule has 0 aliphatic carbocycles. The van der Waals surface area contributed by atoms with Crippen molar-refractivity contribution in [2.75, 3.05) is 18.0 Å². The second-order valence-electron chi connectivity index (χ2n) is 5.41. The van der Waals surface area contributed by atoms with Gasteiger partial charge < -0.3 is 9.67 Å². The van der Waals surface area contributed by atoms with E-state index in [0.717, 1.165) is 4.90 Å². The fourth-order valence-corrected chi connectivity index (χ4v) is 2.43. The van der Waals surface area contributed by atoms with E-state index in [9.17, 15) is 9.59 Å². The number of carboxylic acid groups (broad SMARTS) is 1. The molecule has 9 heteroatoms. The predicted molar refractivity (Wildman–Crippen MR) is 81.1 cm³/mol. The Hall–Kier alpha value is -2.97. The van der Waals surface area contributed by atoms with Gasteiger partial charge in [0.1, 0.15) is 17.8 Å². The van der Waals surface area contributed by atoms with Gasteiger partial charge in [0, 0.05) is 12.6 Å². The fourth-order valence-electron chi connectivity index (χ4n) is 2.43. The normalized spacial score (nSPS) is 14.8. The molecule has 1 aliphatic heterocycles. The molecule has 2 aromatic rings. The van der Waals surface area contributed by atoms with Crippen LogP contribution in [0.4, 0.5) is 15.4 Å². The first-order valence-corrected chi connectivity index (χ1v) is 7.18. The van der Waals surface area contributed by atoms with Crippen LogP contribution in [0, 0.1) is 0 Å². The second-order valence-corrected chi connectivity index (χ2v) is 5.41. The van der Waals surface area contributed by atoms with Crippen LogP contribution in [-0.2, 0) is 0 Å². The van der Waals surface area contributed by atoms with Gasteiger partial charge in [-0.25, -0.2) is 19.5 Å². The Morgan fingerprint density at radius 2 is 2.09 bits per heavy atom. The molecule has 0 saturated carbocycles. The largest absolute Gasteiger partial charge is 0.465 e. The molecule has 0 spiro atoms. The summed E-state index contributed by atoms with van der Waals surface area (Å²) in [5.41, 5.74) is 0.579.